The Morgan fingerprint density at radius 3 is 2.76 bits per heavy atom. The molecular weight excluding hydrogens is 321 g/mol. The molecule has 4 heterocycles. The van der Waals surface area contributed by atoms with E-state index in [9.17, 15) is 4.39 Å². The van der Waals surface area contributed by atoms with Gasteiger partial charge in [0, 0.05) is 36.5 Å². The van der Waals surface area contributed by atoms with Gasteiger partial charge in [0.1, 0.15) is 11.3 Å². The van der Waals surface area contributed by atoms with E-state index in [1.165, 1.54) is 12.6 Å². The fraction of sp³-hybridized carbons (Fsp3) is 0.444. The molecule has 2 unspecified atom stereocenters. The SMILES string of the molecule is Cn1cc(-c2cc(OCC3C4CNCC3C4)c3c(F)cnn3c2)cn1. The topological polar surface area (TPSA) is 56.4 Å². The number of fused-ring (bicyclic) bond motifs is 3. The van der Waals surface area contributed by atoms with E-state index >= 15 is 0 Å². The number of nitrogens with zero attached hydrogens (tertiary/aromatic N) is 4. The number of hydrogen-bond donors (Lipinski definition) is 1. The number of halogens is 1. The summed E-state index contributed by atoms with van der Waals surface area (Å²) < 4.78 is 23.6. The van der Waals surface area contributed by atoms with Crippen molar-refractivity contribution in [1.29, 1.82) is 0 Å². The summed E-state index contributed by atoms with van der Waals surface area (Å²) in [6.45, 7) is 2.77. The Hall–Kier alpha value is -2.41. The molecule has 2 aliphatic rings. The van der Waals surface area contributed by atoms with Crippen molar-refractivity contribution in [3.05, 3.63) is 36.7 Å². The molecule has 1 aliphatic carbocycles. The molecule has 25 heavy (non-hydrogen) atoms. The van der Waals surface area contributed by atoms with Crippen molar-refractivity contribution in [2.24, 2.45) is 24.8 Å². The Morgan fingerprint density at radius 1 is 1.20 bits per heavy atom. The number of ether oxygens (including phenoxy) is 1. The number of piperidine rings is 2. The molecular formula is C18H20FN5O. The third kappa shape index (κ3) is 2.41. The largest absolute Gasteiger partial charge is 0.491 e. The monoisotopic (exact) mass is 341 g/mol. The smallest absolute Gasteiger partial charge is 0.172 e. The van der Waals surface area contributed by atoms with Gasteiger partial charge in [-0.15, -0.1) is 0 Å². The molecule has 5 rings (SSSR count). The van der Waals surface area contributed by atoms with Crippen molar-refractivity contribution < 1.29 is 9.13 Å². The van der Waals surface area contributed by atoms with E-state index in [2.05, 4.69) is 15.5 Å². The molecule has 3 aromatic heterocycles. The third-order valence-electron chi connectivity index (χ3n) is 5.63. The molecule has 1 saturated carbocycles. The molecule has 1 N–H and O–H groups in total. The van der Waals surface area contributed by atoms with Crippen molar-refractivity contribution in [3.8, 4) is 16.9 Å². The fourth-order valence-corrected chi connectivity index (χ4v) is 4.20. The Morgan fingerprint density at radius 2 is 2.04 bits per heavy atom. The molecule has 2 fully saturated rings. The van der Waals surface area contributed by atoms with Crippen LogP contribution in [0.15, 0.2) is 30.9 Å². The summed E-state index contributed by atoms with van der Waals surface area (Å²) in [7, 11) is 1.87. The first kappa shape index (κ1) is 14.9. The van der Waals surface area contributed by atoms with E-state index in [1.54, 1.807) is 15.4 Å². The highest BCUT2D eigenvalue weighted by Gasteiger charge is 2.43. The second kappa shape index (κ2) is 5.56. The van der Waals surface area contributed by atoms with Crippen molar-refractivity contribution in [3.63, 3.8) is 0 Å². The quantitative estimate of drug-likeness (QED) is 0.790. The molecule has 1 aliphatic heterocycles. The van der Waals surface area contributed by atoms with Gasteiger partial charge in [-0.2, -0.15) is 10.2 Å². The number of hydrogen-bond acceptors (Lipinski definition) is 4. The molecule has 0 aromatic carbocycles. The van der Waals surface area contributed by atoms with Gasteiger partial charge in [-0.25, -0.2) is 8.91 Å². The maximum Gasteiger partial charge on any atom is 0.172 e. The lowest BCUT2D eigenvalue weighted by molar-refractivity contribution is -0.00216. The van der Waals surface area contributed by atoms with Gasteiger partial charge in [-0.1, -0.05) is 0 Å². The normalized spacial score (nSPS) is 25.1. The zero-order chi connectivity index (χ0) is 17.0. The molecule has 1 saturated heterocycles. The van der Waals surface area contributed by atoms with Crippen LogP contribution in [0.5, 0.6) is 5.75 Å². The van der Waals surface area contributed by atoms with E-state index in [0.717, 1.165) is 24.2 Å². The van der Waals surface area contributed by atoms with Crippen LogP contribution in [0.25, 0.3) is 16.6 Å². The minimum absolute atomic E-state index is 0.358. The highest BCUT2D eigenvalue weighted by molar-refractivity contribution is 5.70. The minimum atomic E-state index is -0.358. The summed E-state index contributed by atoms with van der Waals surface area (Å²) >= 11 is 0. The van der Waals surface area contributed by atoms with Gasteiger partial charge < -0.3 is 10.1 Å². The van der Waals surface area contributed by atoms with E-state index < -0.39 is 0 Å². The van der Waals surface area contributed by atoms with Gasteiger partial charge >= 0.3 is 0 Å². The van der Waals surface area contributed by atoms with Crippen LogP contribution < -0.4 is 10.1 Å². The second-order valence-electron chi connectivity index (χ2n) is 7.17. The average molecular weight is 341 g/mol. The summed E-state index contributed by atoms with van der Waals surface area (Å²) in [6, 6.07) is 1.89. The third-order valence-corrected chi connectivity index (χ3v) is 5.63. The van der Waals surface area contributed by atoms with E-state index in [0.29, 0.717) is 35.6 Å². The highest BCUT2D eigenvalue weighted by Crippen LogP contribution is 2.43. The van der Waals surface area contributed by atoms with Crippen LogP contribution >= 0.6 is 0 Å². The summed E-state index contributed by atoms with van der Waals surface area (Å²) in [4.78, 5) is 0. The predicted octanol–water partition coefficient (Wildman–Crippen LogP) is 2.11. The number of pyridine rings is 1. The van der Waals surface area contributed by atoms with Crippen molar-refractivity contribution in [2.75, 3.05) is 19.7 Å². The molecule has 130 valence electrons. The lowest BCUT2D eigenvalue weighted by Gasteiger charge is -2.49. The zero-order valence-electron chi connectivity index (χ0n) is 14.0. The first-order chi connectivity index (χ1) is 12.2. The van der Waals surface area contributed by atoms with Crippen LogP contribution in [0.2, 0.25) is 0 Å². The van der Waals surface area contributed by atoms with Crippen LogP contribution in [0.3, 0.4) is 0 Å². The molecule has 0 radical (unpaired) electrons. The van der Waals surface area contributed by atoms with Gasteiger partial charge in [-0.05, 0) is 37.4 Å². The van der Waals surface area contributed by atoms with Crippen LogP contribution in [-0.2, 0) is 7.05 Å². The number of nitrogens with one attached hydrogen (secondary N) is 1. The summed E-state index contributed by atoms with van der Waals surface area (Å²) in [5, 5.41) is 11.8. The van der Waals surface area contributed by atoms with Crippen LogP contribution in [0, 0.1) is 23.6 Å². The molecule has 7 heteroatoms. The first-order valence-corrected chi connectivity index (χ1v) is 8.68. The second-order valence-corrected chi connectivity index (χ2v) is 7.17. The van der Waals surface area contributed by atoms with Gasteiger partial charge in [-0.3, -0.25) is 4.68 Å². The number of aromatic nitrogens is 4. The lowest BCUT2D eigenvalue weighted by atomic mass is 9.62. The summed E-state index contributed by atoms with van der Waals surface area (Å²) in [6.07, 6.45) is 8.04. The van der Waals surface area contributed by atoms with E-state index in [-0.39, 0.29) is 5.82 Å². The van der Waals surface area contributed by atoms with Crippen molar-refractivity contribution >= 4 is 5.52 Å². The maximum atomic E-state index is 14.2. The molecule has 2 bridgehead atoms. The lowest BCUT2D eigenvalue weighted by Crippen LogP contribution is -2.55. The van der Waals surface area contributed by atoms with Crippen molar-refractivity contribution in [1.82, 2.24) is 24.7 Å². The molecule has 6 nitrogen and oxygen atoms in total. The van der Waals surface area contributed by atoms with Gasteiger partial charge in [0.15, 0.2) is 5.82 Å². The average Bonchev–Trinajstić information content (AvgIpc) is 3.22. The van der Waals surface area contributed by atoms with Gasteiger partial charge in [0.25, 0.3) is 0 Å². The number of rotatable bonds is 4. The predicted molar refractivity (Wildman–Crippen MR) is 90.8 cm³/mol. The first-order valence-electron chi connectivity index (χ1n) is 8.68. The minimum Gasteiger partial charge on any atom is -0.491 e. The summed E-state index contributed by atoms with van der Waals surface area (Å²) in [5.41, 5.74) is 2.26. The van der Waals surface area contributed by atoms with Gasteiger partial charge in [0.05, 0.1) is 19.0 Å². The molecule has 0 spiro atoms. The Balaban J connectivity index is 1.48. The number of aryl methyl sites for hydroxylation is 1. The summed E-state index contributed by atoms with van der Waals surface area (Å²) in [5.74, 6) is 2.13. The fourth-order valence-electron chi connectivity index (χ4n) is 4.20. The van der Waals surface area contributed by atoms with E-state index in [4.69, 9.17) is 4.74 Å². The zero-order valence-corrected chi connectivity index (χ0v) is 14.0. The van der Waals surface area contributed by atoms with Crippen LogP contribution in [-0.4, -0.2) is 39.1 Å². The van der Waals surface area contributed by atoms with Crippen LogP contribution in [0.4, 0.5) is 4.39 Å². The van der Waals surface area contributed by atoms with Crippen molar-refractivity contribution in [2.45, 2.75) is 6.42 Å². The maximum absolute atomic E-state index is 14.2. The molecule has 3 aromatic rings. The van der Waals surface area contributed by atoms with E-state index in [1.807, 2.05) is 25.5 Å². The van der Waals surface area contributed by atoms with Crippen LogP contribution in [0.1, 0.15) is 6.42 Å². The molecule has 2 atom stereocenters. The standard InChI is InChI=1S/C18H20FN5O/c1-23-8-14(6-21-23)13-3-17(18-16(19)7-22-24(18)9-13)25-10-15-11-2-12(15)5-20-4-11/h3,6-9,11-12,15,20H,2,4-5,10H2,1H3. The van der Waals surface area contributed by atoms with Gasteiger partial charge in [0.2, 0.25) is 0 Å². The Kier molecular flexibility index (Phi) is 3.31. The molecule has 0 amide bonds. The Labute approximate surface area is 144 Å². The Bertz CT molecular complexity index is 919. The highest BCUT2D eigenvalue weighted by atomic mass is 19.1.